The predicted octanol–water partition coefficient (Wildman–Crippen LogP) is 1.24. The summed E-state index contributed by atoms with van der Waals surface area (Å²) in [4.78, 5) is 11.5. The fourth-order valence-electron chi connectivity index (χ4n) is 1.90. The second-order valence-electron chi connectivity index (χ2n) is 4.72. The van der Waals surface area contributed by atoms with Crippen molar-refractivity contribution in [3.05, 3.63) is 23.8 Å². The van der Waals surface area contributed by atoms with Crippen molar-refractivity contribution in [2.24, 2.45) is 0 Å². The lowest BCUT2D eigenvalue weighted by Crippen LogP contribution is -2.34. The van der Waals surface area contributed by atoms with E-state index in [9.17, 15) is 13.2 Å². The van der Waals surface area contributed by atoms with E-state index in [1.54, 1.807) is 25.1 Å². The number of amides is 1. The Labute approximate surface area is 118 Å². The summed E-state index contributed by atoms with van der Waals surface area (Å²) in [7, 11) is -3.24. The molecule has 0 bridgehead atoms. The molecule has 2 N–H and O–H groups in total. The molecule has 1 atom stereocenters. The summed E-state index contributed by atoms with van der Waals surface area (Å²) in [6, 6.07) is 5.22. The van der Waals surface area contributed by atoms with E-state index in [1.165, 1.54) is 0 Å². The Morgan fingerprint density at radius 3 is 2.85 bits per heavy atom. The molecule has 1 amide bonds. The van der Waals surface area contributed by atoms with Crippen molar-refractivity contribution in [2.45, 2.75) is 32.9 Å². The Morgan fingerprint density at radius 1 is 1.40 bits per heavy atom. The van der Waals surface area contributed by atoms with Crippen molar-refractivity contribution in [3.63, 3.8) is 0 Å². The highest BCUT2D eigenvalue weighted by Crippen LogP contribution is 2.30. The first kappa shape index (κ1) is 14.8. The van der Waals surface area contributed by atoms with Gasteiger partial charge in [0.2, 0.25) is 10.0 Å². The molecule has 0 saturated carbocycles. The van der Waals surface area contributed by atoms with E-state index < -0.39 is 16.1 Å². The van der Waals surface area contributed by atoms with Gasteiger partial charge in [0.05, 0.1) is 11.4 Å². The van der Waals surface area contributed by atoms with Crippen LogP contribution < -0.4 is 14.8 Å². The van der Waals surface area contributed by atoms with E-state index in [4.69, 9.17) is 4.74 Å². The van der Waals surface area contributed by atoms with E-state index in [1.807, 2.05) is 6.92 Å². The van der Waals surface area contributed by atoms with Crippen molar-refractivity contribution >= 4 is 21.6 Å². The van der Waals surface area contributed by atoms with Crippen molar-refractivity contribution in [1.29, 1.82) is 0 Å². The third-order valence-corrected chi connectivity index (χ3v) is 4.47. The summed E-state index contributed by atoms with van der Waals surface area (Å²) in [6.45, 7) is 3.68. The largest absolute Gasteiger partial charge is 0.479 e. The van der Waals surface area contributed by atoms with E-state index in [2.05, 4.69) is 10.0 Å². The Hall–Kier alpha value is -1.60. The molecule has 0 spiro atoms. The van der Waals surface area contributed by atoms with Crippen LogP contribution in [-0.2, 0) is 21.4 Å². The summed E-state index contributed by atoms with van der Waals surface area (Å²) in [6.07, 6.45) is 0.0535. The average Bonchev–Trinajstić information content (AvgIpc) is 2.38. The van der Waals surface area contributed by atoms with Gasteiger partial charge in [-0.1, -0.05) is 13.0 Å². The van der Waals surface area contributed by atoms with Crippen LogP contribution in [0.3, 0.4) is 0 Å². The molecule has 0 saturated heterocycles. The normalized spacial score (nSPS) is 18.1. The zero-order valence-corrected chi connectivity index (χ0v) is 12.3. The van der Waals surface area contributed by atoms with Crippen LogP contribution in [0.15, 0.2) is 18.2 Å². The summed E-state index contributed by atoms with van der Waals surface area (Å²) >= 11 is 0. The molecule has 0 aromatic heterocycles. The number of benzene rings is 1. The van der Waals surface area contributed by atoms with E-state index in [0.717, 1.165) is 5.56 Å². The highest BCUT2D eigenvalue weighted by Gasteiger charge is 2.23. The monoisotopic (exact) mass is 298 g/mol. The molecule has 1 aromatic rings. The Morgan fingerprint density at radius 2 is 2.15 bits per heavy atom. The zero-order chi connectivity index (χ0) is 14.8. The molecule has 6 nitrogen and oxygen atoms in total. The fraction of sp³-hybridized carbons (Fsp3) is 0.462. The topological polar surface area (TPSA) is 84.5 Å². The number of carbonyl (C=O) groups is 1. The number of carbonyl (C=O) groups excluding carboxylic acids is 1. The Balaban J connectivity index is 2.09. The van der Waals surface area contributed by atoms with Gasteiger partial charge in [0.25, 0.3) is 5.91 Å². The summed E-state index contributed by atoms with van der Waals surface area (Å²) in [5.74, 6) is 0.494. The molecule has 0 fully saturated rings. The van der Waals surface area contributed by atoms with Crippen LogP contribution in [0.2, 0.25) is 0 Å². The first-order chi connectivity index (χ1) is 9.41. The fourth-order valence-corrected chi connectivity index (χ4v) is 2.97. The molecule has 1 aliphatic heterocycles. The lowest BCUT2D eigenvalue weighted by atomic mass is 10.1. The summed E-state index contributed by atoms with van der Waals surface area (Å²) < 4.78 is 31.1. The second-order valence-corrected chi connectivity index (χ2v) is 6.65. The SMILES string of the molecule is CCCS(=O)(=O)NCc1ccc2c(c1)NC(=O)C(C)O2. The maximum atomic E-state index is 11.6. The number of hydrogen-bond donors (Lipinski definition) is 2. The van der Waals surface area contributed by atoms with Crippen LogP contribution in [0.4, 0.5) is 5.69 Å². The molecule has 1 aromatic carbocycles. The molecule has 1 heterocycles. The number of sulfonamides is 1. The summed E-state index contributed by atoms with van der Waals surface area (Å²) in [5, 5.41) is 2.73. The van der Waals surface area contributed by atoms with Gasteiger partial charge in [-0.05, 0) is 31.0 Å². The third-order valence-electron chi connectivity index (χ3n) is 2.94. The van der Waals surface area contributed by atoms with Gasteiger partial charge in [0.1, 0.15) is 5.75 Å². The van der Waals surface area contributed by atoms with Crippen LogP contribution in [0.1, 0.15) is 25.8 Å². The number of hydrogen-bond acceptors (Lipinski definition) is 4. The van der Waals surface area contributed by atoms with Gasteiger partial charge < -0.3 is 10.1 Å². The molecule has 0 aliphatic carbocycles. The quantitative estimate of drug-likeness (QED) is 0.856. The molecule has 0 radical (unpaired) electrons. The molecule has 110 valence electrons. The second kappa shape index (κ2) is 5.80. The van der Waals surface area contributed by atoms with Crippen molar-refractivity contribution in [2.75, 3.05) is 11.1 Å². The number of nitrogens with one attached hydrogen (secondary N) is 2. The van der Waals surface area contributed by atoms with Crippen LogP contribution in [-0.4, -0.2) is 26.2 Å². The van der Waals surface area contributed by atoms with Gasteiger partial charge in [-0.2, -0.15) is 0 Å². The van der Waals surface area contributed by atoms with Crippen LogP contribution >= 0.6 is 0 Å². The van der Waals surface area contributed by atoms with Crippen molar-refractivity contribution in [1.82, 2.24) is 4.72 Å². The third kappa shape index (κ3) is 3.49. The van der Waals surface area contributed by atoms with Gasteiger partial charge >= 0.3 is 0 Å². The first-order valence-electron chi connectivity index (χ1n) is 6.49. The van der Waals surface area contributed by atoms with Gasteiger partial charge in [-0.25, -0.2) is 13.1 Å². The van der Waals surface area contributed by atoms with Crippen molar-refractivity contribution in [3.8, 4) is 5.75 Å². The standard InChI is InChI=1S/C13H18N2O4S/c1-3-6-20(17,18)14-8-10-4-5-12-11(7-10)15-13(16)9(2)19-12/h4-5,7,9,14H,3,6,8H2,1-2H3,(H,15,16). The summed E-state index contributed by atoms with van der Waals surface area (Å²) in [5.41, 5.74) is 1.34. The number of ether oxygens (including phenoxy) is 1. The van der Waals surface area contributed by atoms with Crippen molar-refractivity contribution < 1.29 is 17.9 Å². The van der Waals surface area contributed by atoms with E-state index >= 15 is 0 Å². The van der Waals surface area contributed by atoms with E-state index in [0.29, 0.717) is 17.9 Å². The number of anilines is 1. The van der Waals surface area contributed by atoms with Gasteiger partial charge in [0, 0.05) is 6.54 Å². The Kier molecular flexibility index (Phi) is 4.29. The lowest BCUT2D eigenvalue weighted by molar-refractivity contribution is -0.122. The van der Waals surface area contributed by atoms with Crippen LogP contribution in [0.5, 0.6) is 5.75 Å². The number of fused-ring (bicyclic) bond motifs is 1. The zero-order valence-electron chi connectivity index (χ0n) is 11.5. The van der Waals surface area contributed by atoms with Gasteiger partial charge in [-0.15, -0.1) is 0 Å². The van der Waals surface area contributed by atoms with Crippen LogP contribution in [0.25, 0.3) is 0 Å². The molecule has 2 rings (SSSR count). The molecule has 1 aliphatic rings. The minimum absolute atomic E-state index is 0.106. The molecule has 7 heteroatoms. The minimum atomic E-state index is -3.24. The Bertz CT molecular complexity index is 613. The van der Waals surface area contributed by atoms with Crippen LogP contribution in [0, 0.1) is 0 Å². The predicted molar refractivity (Wildman–Crippen MR) is 76.1 cm³/mol. The smallest absolute Gasteiger partial charge is 0.265 e. The van der Waals surface area contributed by atoms with E-state index in [-0.39, 0.29) is 18.2 Å². The maximum Gasteiger partial charge on any atom is 0.265 e. The highest BCUT2D eigenvalue weighted by molar-refractivity contribution is 7.89. The first-order valence-corrected chi connectivity index (χ1v) is 8.14. The molecule has 1 unspecified atom stereocenters. The molecular weight excluding hydrogens is 280 g/mol. The lowest BCUT2D eigenvalue weighted by Gasteiger charge is -2.23. The number of rotatable bonds is 5. The van der Waals surface area contributed by atoms with Gasteiger partial charge in [0.15, 0.2) is 6.10 Å². The minimum Gasteiger partial charge on any atom is -0.479 e. The average molecular weight is 298 g/mol. The molecule has 20 heavy (non-hydrogen) atoms. The maximum absolute atomic E-state index is 11.6. The molecular formula is C13H18N2O4S. The highest BCUT2D eigenvalue weighted by atomic mass is 32.2. The van der Waals surface area contributed by atoms with Gasteiger partial charge in [-0.3, -0.25) is 4.79 Å².